The summed E-state index contributed by atoms with van der Waals surface area (Å²) < 4.78 is 8.15. The van der Waals surface area contributed by atoms with Crippen LogP contribution >= 0.6 is 11.8 Å². The minimum atomic E-state index is -0.256. The van der Waals surface area contributed by atoms with Gasteiger partial charge in [-0.1, -0.05) is 47.7 Å². The number of nitrogens with zero attached hydrogens (tertiary/aromatic N) is 3. The first kappa shape index (κ1) is 21.9. The molecule has 6 nitrogen and oxygen atoms in total. The fourth-order valence-corrected chi connectivity index (χ4v) is 4.02. The maximum Gasteiger partial charge on any atom is 0.234 e. The van der Waals surface area contributed by atoms with E-state index in [1.807, 2.05) is 68.7 Å². The summed E-state index contributed by atoms with van der Waals surface area (Å²) in [4.78, 5) is 12.4. The summed E-state index contributed by atoms with van der Waals surface area (Å²) in [6.07, 6.45) is -0.256. The topological polar surface area (TPSA) is 69.0 Å². The van der Waals surface area contributed by atoms with Gasteiger partial charge in [-0.05, 0) is 57.9 Å². The molecule has 1 atom stereocenters. The van der Waals surface area contributed by atoms with Gasteiger partial charge < -0.3 is 14.6 Å². The molecule has 3 aromatic rings. The molecule has 3 rings (SSSR count). The van der Waals surface area contributed by atoms with Gasteiger partial charge in [-0.15, -0.1) is 10.2 Å². The largest absolute Gasteiger partial charge is 0.482 e. The summed E-state index contributed by atoms with van der Waals surface area (Å²) >= 11 is 1.38. The number of hydrogen-bond acceptors (Lipinski definition) is 5. The van der Waals surface area contributed by atoms with Gasteiger partial charge in [0.1, 0.15) is 5.75 Å². The van der Waals surface area contributed by atoms with E-state index in [0.29, 0.717) is 11.7 Å². The molecule has 0 spiro atoms. The highest BCUT2D eigenvalue weighted by Crippen LogP contribution is 2.27. The SMILES string of the molecule is CCn1c(SCC(=O)Nc2ccccc2C)nnc1C(C)Oc1ccc(C)cc1C. The first-order chi connectivity index (χ1) is 14.4. The lowest BCUT2D eigenvalue weighted by Crippen LogP contribution is -2.16. The van der Waals surface area contributed by atoms with Crippen LogP contribution in [0.5, 0.6) is 5.75 Å². The smallest absolute Gasteiger partial charge is 0.234 e. The van der Waals surface area contributed by atoms with E-state index in [4.69, 9.17) is 4.74 Å². The summed E-state index contributed by atoms with van der Waals surface area (Å²) in [6, 6.07) is 13.9. The molecule has 0 radical (unpaired) electrons. The predicted octanol–water partition coefficient (Wildman–Crippen LogP) is 5.09. The molecular formula is C23H28N4O2S. The van der Waals surface area contributed by atoms with Gasteiger partial charge >= 0.3 is 0 Å². The number of benzene rings is 2. The van der Waals surface area contributed by atoms with Crippen LogP contribution < -0.4 is 10.1 Å². The van der Waals surface area contributed by atoms with Crippen molar-refractivity contribution in [1.82, 2.24) is 14.8 Å². The molecule has 30 heavy (non-hydrogen) atoms. The highest BCUT2D eigenvalue weighted by atomic mass is 32.2. The van der Waals surface area contributed by atoms with E-state index in [2.05, 4.69) is 28.5 Å². The van der Waals surface area contributed by atoms with Crippen molar-refractivity contribution < 1.29 is 9.53 Å². The van der Waals surface area contributed by atoms with E-state index in [1.165, 1.54) is 17.3 Å². The number of nitrogens with one attached hydrogen (secondary N) is 1. The fraction of sp³-hybridized carbons (Fsp3) is 0.348. The standard InChI is InChI=1S/C23H28N4O2S/c1-6-27-22(18(5)29-20-12-11-15(2)13-17(20)4)25-26-23(27)30-14-21(28)24-19-10-8-7-9-16(19)3/h7-13,18H,6,14H2,1-5H3,(H,24,28). The number of carbonyl (C=O) groups is 1. The van der Waals surface area contributed by atoms with Crippen molar-refractivity contribution in [3.63, 3.8) is 0 Å². The van der Waals surface area contributed by atoms with E-state index >= 15 is 0 Å². The van der Waals surface area contributed by atoms with Crippen molar-refractivity contribution in [3.05, 3.63) is 65.0 Å². The van der Waals surface area contributed by atoms with Crippen molar-refractivity contribution in [3.8, 4) is 5.75 Å². The Labute approximate surface area is 182 Å². The normalized spacial score (nSPS) is 11.9. The van der Waals surface area contributed by atoms with Crippen LogP contribution in [0.1, 0.15) is 42.5 Å². The summed E-state index contributed by atoms with van der Waals surface area (Å²) in [5.41, 5.74) is 4.15. The van der Waals surface area contributed by atoms with Crippen LogP contribution in [0.2, 0.25) is 0 Å². The molecule has 1 unspecified atom stereocenters. The van der Waals surface area contributed by atoms with E-state index < -0.39 is 0 Å². The third kappa shape index (κ3) is 5.21. The number of thioether (sulfide) groups is 1. The molecule has 0 fully saturated rings. The molecule has 7 heteroatoms. The Balaban J connectivity index is 1.66. The monoisotopic (exact) mass is 424 g/mol. The van der Waals surface area contributed by atoms with E-state index in [0.717, 1.165) is 28.4 Å². The van der Waals surface area contributed by atoms with Gasteiger partial charge in [-0.25, -0.2) is 0 Å². The van der Waals surface area contributed by atoms with E-state index in [1.54, 1.807) is 0 Å². The van der Waals surface area contributed by atoms with E-state index in [9.17, 15) is 4.79 Å². The van der Waals surface area contributed by atoms with Crippen LogP contribution in [0.4, 0.5) is 5.69 Å². The zero-order valence-corrected chi connectivity index (χ0v) is 18.9. The second-order valence-corrected chi connectivity index (χ2v) is 8.21. The number of para-hydroxylation sites is 1. The Bertz CT molecular complexity index is 1030. The van der Waals surface area contributed by atoms with Crippen molar-refractivity contribution in [2.45, 2.75) is 52.4 Å². The molecule has 0 saturated heterocycles. The quantitative estimate of drug-likeness (QED) is 0.510. The number of aromatic nitrogens is 3. The van der Waals surface area contributed by atoms with Gasteiger partial charge in [0.25, 0.3) is 0 Å². The molecular weight excluding hydrogens is 396 g/mol. The molecule has 1 heterocycles. The number of anilines is 1. The minimum absolute atomic E-state index is 0.0684. The molecule has 2 aromatic carbocycles. The summed E-state index contributed by atoms with van der Waals surface area (Å²) in [5, 5.41) is 12.3. The first-order valence-electron chi connectivity index (χ1n) is 10.0. The molecule has 1 amide bonds. The Morgan fingerprint density at radius 3 is 2.60 bits per heavy atom. The minimum Gasteiger partial charge on any atom is -0.482 e. The van der Waals surface area contributed by atoms with Crippen LogP contribution in [0.15, 0.2) is 47.6 Å². The van der Waals surface area contributed by atoms with Crippen molar-refractivity contribution in [2.24, 2.45) is 0 Å². The lowest BCUT2D eigenvalue weighted by atomic mass is 10.1. The fourth-order valence-electron chi connectivity index (χ4n) is 3.21. The maximum absolute atomic E-state index is 12.4. The highest BCUT2D eigenvalue weighted by molar-refractivity contribution is 7.99. The molecule has 0 aliphatic rings. The van der Waals surface area contributed by atoms with Gasteiger partial charge in [0.15, 0.2) is 17.1 Å². The third-order valence-electron chi connectivity index (χ3n) is 4.81. The average molecular weight is 425 g/mol. The van der Waals surface area contributed by atoms with Gasteiger partial charge in [0, 0.05) is 12.2 Å². The summed E-state index contributed by atoms with van der Waals surface area (Å²) in [6.45, 7) is 10.8. The predicted molar refractivity (Wildman–Crippen MR) is 121 cm³/mol. The third-order valence-corrected chi connectivity index (χ3v) is 5.78. The summed E-state index contributed by atoms with van der Waals surface area (Å²) in [7, 11) is 0. The van der Waals surface area contributed by atoms with Crippen LogP contribution in [0.3, 0.4) is 0 Å². The van der Waals surface area contributed by atoms with Crippen LogP contribution in [0, 0.1) is 20.8 Å². The zero-order chi connectivity index (χ0) is 21.7. The van der Waals surface area contributed by atoms with Gasteiger partial charge in [0.05, 0.1) is 5.75 Å². The molecule has 158 valence electrons. The van der Waals surface area contributed by atoms with E-state index in [-0.39, 0.29) is 17.8 Å². The number of hydrogen-bond donors (Lipinski definition) is 1. The lowest BCUT2D eigenvalue weighted by Gasteiger charge is -2.17. The number of ether oxygens (including phenoxy) is 1. The first-order valence-corrected chi connectivity index (χ1v) is 11.0. The Kier molecular flexibility index (Phi) is 7.15. The van der Waals surface area contributed by atoms with Crippen molar-refractivity contribution >= 4 is 23.4 Å². The summed E-state index contributed by atoms with van der Waals surface area (Å²) in [5.74, 6) is 1.78. The van der Waals surface area contributed by atoms with Gasteiger partial charge in [-0.2, -0.15) is 0 Å². The number of carbonyl (C=O) groups excluding carboxylic acids is 1. The lowest BCUT2D eigenvalue weighted by molar-refractivity contribution is -0.113. The second kappa shape index (κ2) is 9.80. The molecule has 0 aliphatic heterocycles. The highest BCUT2D eigenvalue weighted by Gasteiger charge is 2.20. The molecule has 1 aromatic heterocycles. The van der Waals surface area contributed by atoms with Gasteiger partial charge in [0.2, 0.25) is 5.91 Å². The van der Waals surface area contributed by atoms with Crippen LogP contribution in [0.25, 0.3) is 0 Å². The average Bonchev–Trinajstić information content (AvgIpc) is 3.13. The molecule has 1 N–H and O–H groups in total. The Hall–Kier alpha value is -2.80. The second-order valence-electron chi connectivity index (χ2n) is 7.27. The Morgan fingerprint density at radius 1 is 1.13 bits per heavy atom. The van der Waals surface area contributed by atoms with Crippen LogP contribution in [-0.2, 0) is 11.3 Å². The number of amides is 1. The molecule has 0 aliphatic carbocycles. The maximum atomic E-state index is 12.4. The number of rotatable bonds is 8. The Morgan fingerprint density at radius 2 is 1.90 bits per heavy atom. The zero-order valence-electron chi connectivity index (χ0n) is 18.1. The molecule has 0 bridgehead atoms. The number of aryl methyl sites for hydroxylation is 3. The van der Waals surface area contributed by atoms with Crippen molar-refractivity contribution in [1.29, 1.82) is 0 Å². The molecule has 0 saturated carbocycles. The van der Waals surface area contributed by atoms with Gasteiger partial charge in [-0.3, -0.25) is 4.79 Å². The van der Waals surface area contributed by atoms with Crippen LogP contribution in [-0.4, -0.2) is 26.4 Å². The van der Waals surface area contributed by atoms with Crippen molar-refractivity contribution in [2.75, 3.05) is 11.1 Å².